The molecule has 2 aromatic heterocycles. The SMILES string of the molecule is Cc1[nH]ncc1S(=O)(=O)Nc1cnc(Cl)c(Br)c1. The first-order valence-electron chi connectivity index (χ1n) is 4.74. The highest BCUT2D eigenvalue weighted by atomic mass is 79.9. The Hall–Kier alpha value is -1.12. The lowest BCUT2D eigenvalue weighted by Crippen LogP contribution is -2.13. The number of hydrogen-bond donors (Lipinski definition) is 2. The average Bonchev–Trinajstić information content (AvgIpc) is 2.70. The minimum atomic E-state index is -3.68. The summed E-state index contributed by atoms with van der Waals surface area (Å²) in [5, 5.41) is 6.50. The minimum absolute atomic E-state index is 0.0913. The topological polar surface area (TPSA) is 87.7 Å². The van der Waals surface area contributed by atoms with Crippen LogP contribution in [-0.4, -0.2) is 23.6 Å². The zero-order valence-corrected chi connectivity index (χ0v) is 12.3. The highest BCUT2D eigenvalue weighted by molar-refractivity contribution is 9.10. The number of pyridine rings is 1. The van der Waals surface area contributed by atoms with Crippen molar-refractivity contribution in [2.45, 2.75) is 11.8 Å². The van der Waals surface area contributed by atoms with E-state index in [2.05, 4.69) is 35.8 Å². The molecule has 18 heavy (non-hydrogen) atoms. The third-order valence-corrected chi connectivity index (χ3v) is 4.75. The van der Waals surface area contributed by atoms with E-state index in [1.165, 1.54) is 18.5 Å². The van der Waals surface area contributed by atoms with Crippen molar-refractivity contribution in [2.75, 3.05) is 4.72 Å². The first-order chi connectivity index (χ1) is 8.40. The van der Waals surface area contributed by atoms with Gasteiger partial charge in [0, 0.05) is 0 Å². The Labute approximate surface area is 117 Å². The predicted molar refractivity (Wildman–Crippen MR) is 71.1 cm³/mol. The molecule has 0 spiro atoms. The molecule has 2 aromatic rings. The number of nitrogens with one attached hydrogen (secondary N) is 2. The molecular weight excluding hydrogens is 344 g/mol. The molecule has 0 amide bonds. The highest BCUT2D eigenvalue weighted by Gasteiger charge is 2.19. The van der Waals surface area contributed by atoms with Gasteiger partial charge in [0.25, 0.3) is 10.0 Å². The smallest absolute Gasteiger partial charge is 0.265 e. The molecule has 0 unspecified atom stereocenters. The van der Waals surface area contributed by atoms with E-state index in [1.54, 1.807) is 6.92 Å². The second-order valence-corrected chi connectivity index (χ2v) is 6.32. The van der Waals surface area contributed by atoms with Crippen LogP contribution in [0.3, 0.4) is 0 Å². The maximum atomic E-state index is 12.0. The zero-order chi connectivity index (χ0) is 13.3. The number of aromatic nitrogens is 3. The molecule has 0 fully saturated rings. The maximum absolute atomic E-state index is 12.0. The van der Waals surface area contributed by atoms with Crippen molar-refractivity contribution in [3.63, 3.8) is 0 Å². The summed E-state index contributed by atoms with van der Waals surface area (Å²) in [6.07, 6.45) is 2.58. The number of hydrogen-bond acceptors (Lipinski definition) is 4. The van der Waals surface area contributed by atoms with Crippen LogP contribution in [0.2, 0.25) is 5.15 Å². The number of aryl methyl sites for hydroxylation is 1. The van der Waals surface area contributed by atoms with Gasteiger partial charge in [0.2, 0.25) is 0 Å². The van der Waals surface area contributed by atoms with E-state index in [1.807, 2.05) is 0 Å². The molecule has 0 bridgehead atoms. The summed E-state index contributed by atoms with van der Waals surface area (Å²) < 4.78 is 27.0. The fourth-order valence-corrected chi connectivity index (χ4v) is 2.92. The minimum Gasteiger partial charge on any atom is -0.281 e. The van der Waals surface area contributed by atoms with E-state index >= 15 is 0 Å². The van der Waals surface area contributed by atoms with Crippen molar-refractivity contribution < 1.29 is 8.42 Å². The van der Waals surface area contributed by atoms with Gasteiger partial charge in [-0.05, 0) is 28.9 Å². The van der Waals surface area contributed by atoms with Crippen molar-refractivity contribution >= 4 is 43.2 Å². The summed E-state index contributed by atoms with van der Waals surface area (Å²) >= 11 is 8.90. The van der Waals surface area contributed by atoms with Gasteiger partial charge < -0.3 is 0 Å². The summed E-state index contributed by atoms with van der Waals surface area (Å²) in [4.78, 5) is 3.93. The quantitative estimate of drug-likeness (QED) is 0.831. The number of halogens is 2. The van der Waals surface area contributed by atoms with Crippen LogP contribution in [0, 0.1) is 6.92 Å². The van der Waals surface area contributed by atoms with E-state index < -0.39 is 10.0 Å². The number of H-pyrrole nitrogens is 1. The summed E-state index contributed by atoms with van der Waals surface area (Å²) in [5.74, 6) is 0. The Bertz CT molecular complexity index is 686. The normalized spacial score (nSPS) is 11.5. The van der Waals surface area contributed by atoms with Crippen LogP contribution < -0.4 is 4.72 Å². The van der Waals surface area contributed by atoms with Crippen LogP contribution in [0.1, 0.15) is 5.69 Å². The molecule has 6 nitrogen and oxygen atoms in total. The Balaban J connectivity index is 2.34. The third-order valence-electron chi connectivity index (χ3n) is 2.12. The molecule has 96 valence electrons. The Morgan fingerprint density at radius 1 is 1.44 bits per heavy atom. The van der Waals surface area contributed by atoms with E-state index in [4.69, 9.17) is 11.6 Å². The number of anilines is 1. The average molecular weight is 352 g/mol. The zero-order valence-electron chi connectivity index (χ0n) is 9.11. The molecule has 0 radical (unpaired) electrons. The second kappa shape index (κ2) is 4.87. The molecule has 2 heterocycles. The molecule has 9 heteroatoms. The number of rotatable bonds is 3. The molecule has 0 aliphatic heterocycles. The second-order valence-electron chi connectivity index (χ2n) is 3.46. The van der Waals surface area contributed by atoms with Crippen molar-refractivity contribution in [1.29, 1.82) is 0 Å². The molecule has 0 saturated heterocycles. The van der Waals surface area contributed by atoms with Crippen LogP contribution in [0.5, 0.6) is 0 Å². The maximum Gasteiger partial charge on any atom is 0.265 e. The lowest BCUT2D eigenvalue weighted by Gasteiger charge is -2.07. The van der Waals surface area contributed by atoms with Gasteiger partial charge in [-0.1, -0.05) is 11.6 Å². The van der Waals surface area contributed by atoms with Gasteiger partial charge in [-0.3, -0.25) is 9.82 Å². The number of aromatic amines is 1. The molecular formula is C9H8BrClN4O2S. The lowest BCUT2D eigenvalue weighted by molar-refractivity contribution is 0.600. The Kier molecular flexibility index (Phi) is 3.60. The van der Waals surface area contributed by atoms with Gasteiger partial charge in [0.1, 0.15) is 10.0 Å². The van der Waals surface area contributed by atoms with Crippen LogP contribution >= 0.6 is 27.5 Å². The van der Waals surface area contributed by atoms with Crippen LogP contribution in [-0.2, 0) is 10.0 Å². The van der Waals surface area contributed by atoms with Gasteiger partial charge in [0.05, 0.1) is 28.2 Å². The predicted octanol–water partition coefficient (Wildman–Crippen LogP) is 2.33. The molecule has 0 aliphatic carbocycles. The summed E-state index contributed by atoms with van der Waals surface area (Å²) in [5.41, 5.74) is 0.773. The molecule has 2 N–H and O–H groups in total. The van der Waals surface area contributed by atoms with Crippen LogP contribution in [0.25, 0.3) is 0 Å². The van der Waals surface area contributed by atoms with Gasteiger partial charge in [-0.25, -0.2) is 13.4 Å². The van der Waals surface area contributed by atoms with E-state index in [-0.39, 0.29) is 10.0 Å². The van der Waals surface area contributed by atoms with E-state index in [0.29, 0.717) is 15.9 Å². The van der Waals surface area contributed by atoms with E-state index in [9.17, 15) is 8.42 Å². The van der Waals surface area contributed by atoms with Gasteiger partial charge in [-0.2, -0.15) is 5.10 Å². The van der Waals surface area contributed by atoms with Gasteiger partial charge in [0.15, 0.2) is 0 Å². The third kappa shape index (κ3) is 2.65. The summed E-state index contributed by atoms with van der Waals surface area (Å²) in [6.45, 7) is 1.62. The standard InChI is InChI=1S/C9H8BrClN4O2S/c1-5-8(4-13-14-5)18(16,17)15-6-2-7(10)9(11)12-3-6/h2-4,15H,1H3,(H,13,14). The lowest BCUT2D eigenvalue weighted by atomic mass is 10.4. The van der Waals surface area contributed by atoms with Gasteiger partial charge in [-0.15, -0.1) is 0 Å². The Morgan fingerprint density at radius 3 is 2.72 bits per heavy atom. The van der Waals surface area contributed by atoms with Gasteiger partial charge >= 0.3 is 0 Å². The molecule has 0 saturated carbocycles. The van der Waals surface area contributed by atoms with Crippen molar-refractivity contribution in [3.05, 3.63) is 33.8 Å². The fraction of sp³-hybridized carbons (Fsp3) is 0.111. The summed E-state index contributed by atoms with van der Waals surface area (Å²) in [7, 11) is -3.68. The summed E-state index contributed by atoms with van der Waals surface area (Å²) in [6, 6.07) is 1.53. The molecule has 0 aromatic carbocycles. The monoisotopic (exact) mass is 350 g/mol. The number of nitrogens with zero attached hydrogens (tertiary/aromatic N) is 2. The molecule has 0 aliphatic rings. The van der Waals surface area contributed by atoms with Crippen molar-refractivity contribution in [3.8, 4) is 0 Å². The van der Waals surface area contributed by atoms with Crippen molar-refractivity contribution in [1.82, 2.24) is 15.2 Å². The first-order valence-corrected chi connectivity index (χ1v) is 7.39. The van der Waals surface area contributed by atoms with Crippen LogP contribution in [0.15, 0.2) is 27.8 Å². The largest absolute Gasteiger partial charge is 0.281 e. The van der Waals surface area contributed by atoms with Crippen molar-refractivity contribution in [2.24, 2.45) is 0 Å². The first kappa shape index (κ1) is 13.3. The fourth-order valence-electron chi connectivity index (χ4n) is 1.30. The molecule has 0 atom stereocenters. The number of sulfonamides is 1. The molecule has 2 rings (SSSR count). The van der Waals surface area contributed by atoms with Crippen LogP contribution in [0.4, 0.5) is 5.69 Å². The van der Waals surface area contributed by atoms with E-state index in [0.717, 1.165) is 0 Å². The Morgan fingerprint density at radius 2 is 2.17 bits per heavy atom. The highest BCUT2D eigenvalue weighted by Crippen LogP contribution is 2.24.